The standard InChI is InChI=1S/C14H24O/c1-6-14(7-2,9-8-12(3)4)10-13(5)11-15/h8,10-11H,6-7,9H2,1-5H3. The highest BCUT2D eigenvalue weighted by Gasteiger charge is 2.21. The number of rotatable bonds is 6. The van der Waals surface area contributed by atoms with E-state index in [2.05, 4.69) is 39.8 Å². The topological polar surface area (TPSA) is 17.1 Å². The lowest BCUT2D eigenvalue weighted by Crippen LogP contribution is -2.15. The van der Waals surface area contributed by atoms with Crippen LogP contribution in [0.3, 0.4) is 0 Å². The largest absolute Gasteiger partial charge is 0.298 e. The Morgan fingerprint density at radius 1 is 1.13 bits per heavy atom. The van der Waals surface area contributed by atoms with E-state index in [1.165, 1.54) is 5.57 Å². The Balaban J connectivity index is 4.88. The molecule has 0 heterocycles. The van der Waals surface area contributed by atoms with E-state index in [4.69, 9.17) is 0 Å². The van der Waals surface area contributed by atoms with Gasteiger partial charge in [-0.15, -0.1) is 0 Å². The molecule has 0 aliphatic heterocycles. The summed E-state index contributed by atoms with van der Waals surface area (Å²) in [5, 5.41) is 0. The molecular weight excluding hydrogens is 184 g/mol. The zero-order valence-corrected chi connectivity index (χ0v) is 10.8. The molecule has 0 aromatic heterocycles. The normalized spacial score (nSPS) is 12.5. The molecule has 0 aromatic rings. The number of allylic oxidation sites excluding steroid dienone is 4. The highest BCUT2D eigenvalue weighted by atomic mass is 16.1. The predicted molar refractivity (Wildman–Crippen MR) is 66.9 cm³/mol. The molecular formula is C14H24O. The van der Waals surface area contributed by atoms with Crippen LogP contribution in [0.25, 0.3) is 0 Å². The molecule has 15 heavy (non-hydrogen) atoms. The third-order valence-corrected chi connectivity index (χ3v) is 3.04. The van der Waals surface area contributed by atoms with Gasteiger partial charge in [0.15, 0.2) is 0 Å². The Morgan fingerprint density at radius 2 is 1.67 bits per heavy atom. The lowest BCUT2D eigenvalue weighted by atomic mass is 9.77. The van der Waals surface area contributed by atoms with Gasteiger partial charge in [-0.2, -0.15) is 0 Å². The molecule has 1 nitrogen and oxygen atoms in total. The Kier molecular flexibility index (Phi) is 6.23. The maximum absolute atomic E-state index is 10.7. The summed E-state index contributed by atoms with van der Waals surface area (Å²) >= 11 is 0. The average Bonchev–Trinajstić information content (AvgIpc) is 2.24. The van der Waals surface area contributed by atoms with Crippen molar-refractivity contribution in [2.75, 3.05) is 0 Å². The van der Waals surface area contributed by atoms with Crippen LogP contribution in [0.15, 0.2) is 23.3 Å². The van der Waals surface area contributed by atoms with Crippen LogP contribution in [-0.4, -0.2) is 6.29 Å². The quantitative estimate of drug-likeness (QED) is 0.361. The van der Waals surface area contributed by atoms with E-state index in [1.807, 2.05) is 6.92 Å². The van der Waals surface area contributed by atoms with E-state index < -0.39 is 0 Å². The van der Waals surface area contributed by atoms with Gasteiger partial charge in [0.1, 0.15) is 6.29 Å². The highest BCUT2D eigenvalue weighted by Crippen LogP contribution is 2.34. The van der Waals surface area contributed by atoms with Crippen molar-refractivity contribution in [3.05, 3.63) is 23.3 Å². The molecule has 0 saturated carbocycles. The first kappa shape index (κ1) is 14.2. The number of hydrogen-bond acceptors (Lipinski definition) is 1. The molecule has 0 aromatic carbocycles. The second-order valence-electron chi connectivity index (χ2n) is 4.56. The summed E-state index contributed by atoms with van der Waals surface area (Å²) in [5.74, 6) is 0. The van der Waals surface area contributed by atoms with Gasteiger partial charge in [-0.25, -0.2) is 0 Å². The minimum absolute atomic E-state index is 0.169. The van der Waals surface area contributed by atoms with Gasteiger partial charge in [-0.05, 0) is 51.0 Å². The lowest BCUT2D eigenvalue weighted by molar-refractivity contribution is -0.104. The van der Waals surface area contributed by atoms with E-state index in [9.17, 15) is 4.79 Å². The second kappa shape index (κ2) is 6.60. The van der Waals surface area contributed by atoms with Gasteiger partial charge in [0.2, 0.25) is 0 Å². The van der Waals surface area contributed by atoms with Crippen molar-refractivity contribution in [2.45, 2.75) is 53.9 Å². The molecule has 0 spiro atoms. The van der Waals surface area contributed by atoms with Crippen LogP contribution in [0.2, 0.25) is 0 Å². The molecule has 0 saturated heterocycles. The van der Waals surface area contributed by atoms with Crippen LogP contribution in [-0.2, 0) is 4.79 Å². The fraction of sp³-hybridized carbons (Fsp3) is 0.643. The van der Waals surface area contributed by atoms with E-state index in [1.54, 1.807) is 0 Å². The fourth-order valence-electron chi connectivity index (χ4n) is 1.73. The summed E-state index contributed by atoms with van der Waals surface area (Å²) in [5.41, 5.74) is 2.36. The zero-order chi connectivity index (χ0) is 11.9. The maximum Gasteiger partial charge on any atom is 0.145 e. The Bertz CT molecular complexity index is 251. The minimum Gasteiger partial charge on any atom is -0.298 e. The van der Waals surface area contributed by atoms with E-state index in [0.29, 0.717) is 0 Å². The molecule has 0 aliphatic rings. The first-order valence-corrected chi connectivity index (χ1v) is 5.77. The average molecular weight is 208 g/mol. The van der Waals surface area contributed by atoms with Crippen molar-refractivity contribution < 1.29 is 4.79 Å². The third kappa shape index (κ3) is 4.96. The number of carbonyl (C=O) groups is 1. The van der Waals surface area contributed by atoms with E-state index >= 15 is 0 Å². The Labute approximate surface area is 94.3 Å². The molecule has 0 bridgehead atoms. The number of aldehydes is 1. The molecule has 0 fully saturated rings. The van der Waals surface area contributed by atoms with Gasteiger partial charge in [0, 0.05) is 0 Å². The summed E-state index contributed by atoms with van der Waals surface area (Å²) in [6, 6.07) is 0. The third-order valence-electron chi connectivity index (χ3n) is 3.04. The van der Waals surface area contributed by atoms with E-state index in [0.717, 1.165) is 31.1 Å². The summed E-state index contributed by atoms with van der Waals surface area (Å²) < 4.78 is 0. The smallest absolute Gasteiger partial charge is 0.145 e. The SMILES string of the molecule is CCC(C=C(C)C=O)(CC)CC=C(C)C. The van der Waals surface area contributed by atoms with Crippen molar-refractivity contribution in [1.82, 2.24) is 0 Å². The Morgan fingerprint density at radius 3 is 2.00 bits per heavy atom. The number of carbonyl (C=O) groups excluding carboxylic acids is 1. The van der Waals surface area contributed by atoms with Crippen LogP contribution < -0.4 is 0 Å². The molecule has 1 heteroatoms. The van der Waals surface area contributed by atoms with Gasteiger partial charge in [-0.1, -0.05) is 31.6 Å². The van der Waals surface area contributed by atoms with Gasteiger partial charge < -0.3 is 0 Å². The molecule has 86 valence electrons. The first-order valence-electron chi connectivity index (χ1n) is 5.77. The van der Waals surface area contributed by atoms with Gasteiger partial charge in [0.25, 0.3) is 0 Å². The van der Waals surface area contributed by atoms with Crippen LogP contribution in [0.4, 0.5) is 0 Å². The maximum atomic E-state index is 10.7. The molecule has 0 rings (SSSR count). The zero-order valence-electron chi connectivity index (χ0n) is 10.8. The molecule has 0 radical (unpaired) electrons. The van der Waals surface area contributed by atoms with Crippen LogP contribution in [0, 0.1) is 5.41 Å². The highest BCUT2D eigenvalue weighted by molar-refractivity contribution is 5.72. The second-order valence-corrected chi connectivity index (χ2v) is 4.56. The summed E-state index contributed by atoms with van der Waals surface area (Å²) in [6.07, 6.45) is 8.55. The predicted octanol–water partition coefficient (Wildman–Crippen LogP) is 4.29. The summed E-state index contributed by atoms with van der Waals surface area (Å²) in [4.78, 5) is 10.7. The summed E-state index contributed by atoms with van der Waals surface area (Å²) in [6.45, 7) is 10.5. The van der Waals surface area contributed by atoms with Crippen molar-refractivity contribution in [3.8, 4) is 0 Å². The van der Waals surface area contributed by atoms with Crippen LogP contribution >= 0.6 is 0 Å². The minimum atomic E-state index is 0.169. The van der Waals surface area contributed by atoms with Crippen molar-refractivity contribution >= 4 is 6.29 Å². The first-order chi connectivity index (χ1) is 6.99. The molecule has 0 unspecified atom stereocenters. The van der Waals surface area contributed by atoms with Gasteiger partial charge in [-0.3, -0.25) is 4.79 Å². The van der Waals surface area contributed by atoms with Crippen molar-refractivity contribution in [2.24, 2.45) is 5.41 Å². The van der Waals surface area contributed by atoms with Crippen molar-refractivity contribution in [3.63, 3.8) is 0 Å². The molecule has 0 aliphatic carbocycles. The molecule has 0 amide bonds. The van der Waals surface area contributed by atoms with Crippen molar-refractivity contribution in [1.29, 1.82) is 0 Å². The van der Waals surface area contributed by atoms with Crippen LogP contribution in [0.5, 0.6) is 0 Å². The fourth-order valence-corrected chi connectivity index (χ4v) is 1.73. The van der Waals surface area contributed by atoms with Gasteiger partial charge >= 0.3 is 0 Å². The Hall–Kier alpha value is -0.850. The molecule has 0 N–H and O–H groups in total. The lowest BCUT2D eigenvalue weighted by Gasteiger charge is -2.27. The number of hydrogen-bond donors (Lipinski definition) is 0. The molecule has 0 atom stereocenters. The van der Waals surface area contributed by atoms with Gasteiger partial charge in [0.05, 0.1) is 0 Å². The van der Waals surface area contributed by atoms with E-state index in [-0.39, 0.29) is 5.41 Å². The monoisotopic (exact) mass is 208 g/mol. The van der Waals surface area contributed by atoms with Crippen LogP contribution in [0.1, 0.15) is 53.9 Å². The summed E-state index contributed by atoms with van der Waals surface area (Å²) in [7, 11) is 0.